The molecule has 0 bridgehead atoms. The Hall–Kier alpha value is -1.65. The Morgan fingerprint density at radius 3 is 3.00 bits per heavy atom. The van der Waals surface area contributed by atoms with Gasteiger partial charge < -0.3 is 9.88 Å². The van der Waals surface area contributed by atoms with E-state index in [1.165, 1.54) is 11.9 Å². The molecular formula is C11H13FN4. The molecule has 16 heavy (non-hydrogen) atoms. The van der Waals surface area contributed by atoms with Crippen molar-refractivity contribution in [2.45, 2.75) is 19.5 Å². The molecule has 2 aromatic heterocycles. The lowest BCUT2D eigenvalue weighted by Gasteiger charge is -2.35. The largest absolute Gasteiger partial charge is 0.350 e. The zero-order valence-corrected chi connectivity index (χ0v) is 9.07. The highest BCUT2D eigenvalue weighted by atomic mass is 19.1. The highest BCUT2D eigenvalue weighted by Gasteiger charge is 2.29. The highest BCUT2D eigenvalue weighted by molar-refractivity contribution is 5.91. The van der Waals surface area contributed by atoms with Gasteiger partial charge in [0.2, 0.25) is 0 Å². The summed E-state index contributed by atoms with van der Waals surface area (Å²) in [6, 6.07) is 0. The van der Waals surface area contributed by atoms with Crippen molar-refractivity contribution < 1.29 is 4.39 Å². The third-order valence-corrected chi connectivity index (χ3v) is 3.05. The first-order chi connectivity index (χ1) is 7.79. The van der Waals surface area contributed by atoms with Gasteiger partial charge in [0.15, 0.2) is 0 Å². The van der Waals surface area contributed by atoms with E-state index in [1.54, 1.807) is 0 Å². The predicted octanol–water partition coefficient (Wildman–Crippen LogP) is 1.68. The number of rotatable bonds is 2. The Bertz CT molecular complexity index is 516. The number of alkyl halides is 1. The summed E-state index contributed by atoms with van der Waals surface area (Å²) >= 11 is 0. The molecule has 0 unspecified atom stereocenters. The summed E-state index contributed by atoms with van der Waals surface area (Å²) < 4.78 is 12.9. The van der Waals surface area contributed by atoms with Gasteiger partial charge in [0.25, 0.3) is 0 Å². The predicted molar refractivity (Wildman–Crippen MR) is 60.4 cm³/mol. The Morgan fingerprint density at radius 2 is 2.31 bits per heavy atom. The highest BCUT2D eigenvalue weighted by Crippen LogP contribution is 2.29. The van der Waals surface area contributed by atoms with Crippen LogP contribution in [-0.4, -0.2) is 34.2 Å². The minimum Gasteiger partial charge on any atom is -0.350 e. The van der Waals surface area contributed by atoms with Crippen molar-refractivity contribution in [1.29, 1.82) is 0 Å². The van der Waals surface area contributed by atoms with Gasteiger partial charge in [-0.15, -0.1) is 0 Å². The Morgan fingerprint density at radius 1 is 1.50 bits per heavy atom. The van der Waals surface area contributed by atoms with Crippen molar-refractivity contribution in [2.24, 2.45) is 0 Å². The molecule has 4 nitrogen and oxygen atoms in total. The third kappa shape index (κ3) is 1.27. The molecule has 0 saturated carbocycles. The van der Waals surface area contributed by atoms with Gasteiger partial charge in [0.1, 0.15) is 24.0 Å². The van der Waals surface area contributed by atoms with Crippen LogP contribution in [0.25, 0.3) is 11.0 Å². The van der Waals surface area contributed by atoms with Gasteiger partial charge in [0, 0.05) is 6.20 Å². The minimum absolute atomic E-state index is 0.445. The molecule has 1 fully saturated rings. The number of hydrogen-bond acceptors (Lipinski definition) is 3. The van der Waals surface area contributed by atoms with E-state index >= 15 is 0 Å². The van der Waals surface area contributed by atoms with Gasteiger partial charge in [-0.25, -0.2) is 14.4 Å². The number of nitrogens with zero attached hydrogens (tertiary/aromatic N) is 3. The smallest absolute Gasteiger partial charge is 0.143 e. The van der Waals surface area contributed by atoms with Crippen molar-refractivity contribution in [3.8, 4) is 0 Å². The fraction of sp³-hybridized carbons (Fsp3) is 0.455. The van der Waals surface area contributed by atoms with E-state index in [2.05, 4.69) is 21.9 Å². The molecule has 5 heteroatoms. The van der Waals surface area contributed by atoms with E-state index in [4.69, 9.17) is 0 Å². The fourth-order valence-corrected chi connectivity index (χ4v) is 2.13. The van der Waals surface area contributed by atoms with E-state index in [-0.39, 0.29) is 0 Å². The van der Waals surface area contributed by atoms with E-state index in [0.717, 1.165) is 23.3 Å². The summed E-state index contributed by atoms with van der Waals surface area (Å²) in [4.78, 5) is 13.5. The number of fused-ring (bicyclic) bond motifs is 1. The monoisotopic (exact) mass is 220 g/mol. The number of hydrogen-bond donors (Lipinski definition) is 1. The summed E-state index contributed by atoms with van der Waals surface area (Å²) in [6.45, 7) is 2.98. The van der Waals surface area contributed by atoms with Crippen molar-refractivity contribution in [3.63, 3.8) is 0 Å². The van der Waals surface area contributed by atoms with Gasteiger partial charge in [-0.3, -0.25) is 0 Å². The number of anilines is 1. The molecule has 1 aliphatic heterocycles. The lowest BCUT2D eigenvalue weighted by Crippen LogP contribution is -2.49. The molecule has 84 valence electrons. The quantitative estimate of drug-likeness (QED) is 0.837. The molecule has 0 radical (unpaired) electrons. The zero-order chi connectivity index (χ0) is 11.1. The topological polar surface area (TPSA) is 44.8 Å². The van der Waals surface area contributed by atoms with Gasteiger partial charge in [0.05, 0.1) is 18.5 Å². The Labute approximate surface area is 92.5 Å². The van der Waals surface area contributed by atoms with Gasteiger partial charge >= 0.3 is 0 Å². The van der Waals surface area contributed by atoms with Crippen LogP contribution in [0.4, 0.5) is 10.2 Å². The SMILES string of the molecule is CCc1c[nH]c2ncnc(N3CC(F)C3)c12. The van der Waals surface area contributed by atoms with Crippen molar-refractivity contribution >= 4 is 16.9 Å². The lowest BCUT2D eigenvalue weighted by atomic mass is 10.1. The molecule has 3 heterocycles. The summed E-state index contributed by atoms with van der Waals surface area (Å²) in [7, 11) is 0. The van der Waals surface area contributed by atoms with Crippen LogP contribution in [0, 0.1) is 0 Å². The van der Waals surface area contributed by atoms with Crippen LogP contribution in [0.15, 0.2) is 12.5 Å². The second-order valence-electron chi connectivity index (χ2n) is 4.09. The summed E-state index contributed by atoms with van der Waals surface area (Å²) in [5.41, 5.74) is 2.03. The lowest BCUT2D eigenvalue weighted by molar-refractivity contribution is 0.274. The summed E-state index contributed by atoms with van der Waals surface area (Å²) in [5, 5.41) is 1.04. The van der Waals surface area contributed by atoms with E-state index < -0.39 is 6.17 Å². The van der Waals surface area contributed by atoms with Gasteiger partial charge in [-0.1, -0.05) is 6.92 Å². The number of aryl methyl sites for hydroxylation is 1. The number of H-pyrrole nitrogens is 1. The average molecular weight is 220 g/mol. The van der Waals surface area contributed by atoms with Crippen LogP contribution in [0.5, 0.6) is 0 Å². The molecule has 0 aliphatic carbocycles. The van der Waals surface area contributed by atoms with Crippen LogP contribution < -0.4 is 4.90 Å². The molecular weight excluding hydrogens is 207 g/mol. The second-order valence-corrected chi connectivity index (χ2v) is 4.09. The molecule has 3 rings (SSSR count). The Balaban J connectivity index is 2.12. The molecule has 1 aliphatic rings. The van der Waals surface area contributed by atoms with Gasteiger partial charge in [-0.05, 0) is 12.0 Å². The average Bonchev–Trinajstić information content (AvgIpc) is 2.67. The molecule has 1 saturated heterocycles. The maximum atomic E-state index is 12.9. The van der Waals surface area contributed by atoms with Crippen molar-refractivity contribution in [3.05, 3.63) is 18.1 Å². The molecule has 1 N–H and O–H groups in total. The Kier molecular flexibility index (Phi) is 2.05. The molecule has 0 atom stereocenters. The first-order valence-corrected chi connectivity index (χ1v) is 5.49. The van der Waals surface area contributed by atoms with Crippen molar-refractivity contribution in [1.82, 2.24) is 15.0 Å². The van der Waals surface area contributed by atoms with Crippen LogP contribution in [0.2, 0.25) is 0 Å². The maximum absolute atomic E-state index is 12.9. The second kappa shape index (κ2) is 3.43. The molecule has 0 amide bonds. The third-order valence-electron chi connectivity index (χ3n) is 3.05. The number of nitrogens with one attached hydrogen (secondary N) is 1. The maximum Gasteiger partial charge on any atom is 0.143 e. The van der Waals surface area contributed by atoms with Crippen LogP contribution >= 0.6 is 0 Å². The number of halogens is 1. The zero-order valence-electron chi connectivity index (χ0n) is 9.07. The summed E-state index contributed by atoms with van der Waals surface area (Å²) in [6.07, 6.45) is 3.69. The molecule has 2 aromatic rings. The van der Waals surface area contributed by atoms with Crippen molar-refractivity contribution in [2.75, 3.05) is 18.0 Å². The normalized spacial score (nSPS) is 16.8. The van der Waals surface area contributed by atoms with Crippen LogP contribution in [0.1, 0.15) is 12.5 Å². The van der Waals surface area contributed by atoms with E-state index in [0.29, 0.717) is 13.1 Å². The first kappa shape index (κ1) is 9.57. The minimum atomic E-state index is -0.714. The molecule has 0 spiro atoms. The summed E-state index contributed by atoms with van der Waals surface area (Å²) in [5.74, 6) is 0.858. The van der Waals surface area contributed by atoms with Gasteiger partial charge in [-0.2, -0.15) is 0 Å². The van der Waals surface area contributed by atoms with Crippen LogP contribution in [0.3, 0.4) is 0 Å². The molecule has 0 aromatic carbocycles. The van der Waals surface area contributed by atoms with Crippen LogP contribution in [-0.2, 0) is 6.42 Å². The fourth-order valence-electron chi connectivity index (χ4n) is 2.13. The number of aromatic nitrogens is 3. The van der Waals surface area contributed by atoms with E-state index in [9.17, 15) is 4.39 Å². The number of aromatic amines is 1. The first-order valence-electron chi connectivity index (χ1n) is 5.49. The standard InChI is InChI=1S/C11H13FN4/c1-2-7-3-13-10-9(7)11(15-6-14-10)16-4-8(12)5-16/h3,6,8H,2,4-5H2,1H3,(H,13,14,15). The van der Waals surface area contributed by atoms with E-state index in [1.807, 2.05) is 11.1 Å².